The number of hydrogen-bond donors (Lipinski definition) is 0. The van der Waals surface area contributed by atoms with E-state index in [0.29, 0.717) is 56.3 Å². The predicted octanol–water partition coefficient (Wildman–Crippen LogP) is 23.8. The van der Waals surface area contributed by atoms with Crippen molar-refractivity contribution in [2.45, 2.75) is 12.4 Å². The van der Waals surface area contributed by atoms with E-state index in [1.54, 1.807) is 4.57 Å². The third-order valence-electron chi connectivity index (χ3n) is 20.5. The second kappa shape index (κ2) is 21.0. The number of para-hydroxylation sites is 8. The fourth-order valence-corrected chi connectivity index (χ4v) is 16.5. The van der Waals surface area contributed by atoms with E-state index in [1.165, 1.54) is 12.1 Å². The lowest BCUT2D eigenvalue weighted by atomic mass is 9.90. The predicted molar refractivity (Wildman–Crippen MR) is 393 cm³/mol. The molecule has 100 heavy (non-hydrogen) atoms. The van der Waals surface area contributed by atoms with Crippen molar-refractivity contribution >= 4 is 131 Å². The minimum Gasteiger partial charge on any atom is -0.309 e. The summed E-state index contributed by atoms with van der Waals surface area (Å²) in [5.74, 6) is 0. The number of halogens is 6. The molecular weight excluding hydrogens is 1260 g/mol. The monoisotopic (exact) mass is 1310 g/mol. The molecule has 0 saturated heterocycles. The van der Waals surface area contributed by atoms with Crippen LogP contribution in [0.15, 0.2) is 297 Å². The standard InChI is InChI=1S/C87H49F6N7/c88-86(89,90)69-26-17-27-70(87(91,92)93)84(69)67-44-45-79(99-80-46-51(95-71-28-9-1-18-55(71)56-19-2-10-29-72(56)95)36-40-63(80)64-41-37-52(47-81(64)99)96-73-30-11-3-20-57(73)58-21-4-12-31-74(58)96)68(50-94)85(67)100-82-48-53(97-75-32-13-5-22-59(75)60-23-6-14-33-76(60)97)38-42-65(82)66-43-39-54(49-83(66)100)98-77-34-15-7-24-61(77)62-25-8-16-35-78(62)98/h1-49H. The van der Waals surface area contributed by atoms with Crippen LogP contribution in [0.4, 0.5) is 26.3 Å². The molecule has 0 amide bonds. The summed E-state index contributed by atoms with van der Waals surface area (Å²) in [4.78, 5) is 0. The Bertz CT molecular complexity index is 6390. The molecule has 0 radical (unpaired) electrons. The summed E-state index contributed by atoms with van der Waals surface area (Å²) >= 11 is 0. The van der Waals surface area contributed by atoms with Crippen LogP contribution in [0.2, 0.25) is 0 Å². The zero-order valence-corrected chi connectivity index (χ0v) is 52.7. The summed E-state index contributed by atoms with van der Waals surface area (Å²) in [6.45, 7) is 0. The number of alkyl halides is 6. The largest absolute Gasteiger partial charge is 0.417 e. The Morgan fingerprint density at radius 2 is 0.490 bits per heavy atom. The fraction of sp³-hybridized carbons (Fsp3) is 0.0230. The van der Waals surface area contributed by atoms with Crippen LogP contribution >= 0.6 is 0 Å². The number of rotatable bonds is 7. The molecule has 0 bridgehead atoms. The van der Waals surface area contributed by atoms with Crippen LogP contribution < -0.4 is 0 Å². The van der Waals surface area contributed by atoms with Crippen LogP contribution in [0, 0.1) is 11.3 Å². The van der Waals surface area contributed by atoms with Crippen molar-refractivity contribution in [2.24, 2.45) is 0 Å². The topological polar surface area (TPSA) is 53.4 Å². The van der Waals surface area contributed by atoms with Gasteiger partial charge in [-0.1, -0.05) is 182 Å². The van der Waals surface area contributed by atoms with Gasteiger partial charge in [0.1, 0.15) is 11.6 Å². The molecule has 7 nitrogen and oxygen atoms in total. The van der Waals surface area contributed by atoms with Crippen LogP contribution in [0.1, 0.15) is 16.7 Å². The van der Waals surface area contributed by atoms with Gasteiger partial charge in [0, 0.05) is 98.5 Å². The lowest BCUT2D eigenvalue weighted by Crippen LogP contribution is -2.16. The normalized spacial score (nSPS) is 12.5. The molecule has 20 rings (SSSR count). The molecule has 0 N–H and O–H groups in total. The van der Waals surface area contributed by atoms with E-state index in [1.807, 2.05) is 162 Å². The number of benzene rings is 14. The number of nitriles is 1. The van der Waals surface area contributed by atoms with Gasteiger partial charge < -0.3 is 27.4 Å². The van der Waals surface area contributed by atoms with Crippen LogP contribution in [0.3, 0.4) is 0 Å². The van der Waals surface area contributed by atoms with Crippen molar-refractivity contribution in [2.75, 3.05) is 0 Å². The summed E-state index contributed by atoms with van der Waals surface area (Å²) in [5.41, 5.74) is 7.50. The molecule has 6 aromatic heterocycles. The lowest BCUT2D eigenvalue weighted by Gasteiger charge is -2.24. The summed E-state index contributed by atoms with van der Waals surface area (Å²) in [6, 6.07) is 96.7. The molecule has 0 atom stereocenters. The van der Waals surface area contributed by atoms with Crippen molar-refractivity contribution in [1.82, 2.24) is 27.4 Å². The van der Waals surface area contributed by atoms with Gasteiger partial charge in [-0.15, -0.1) is 0 Å². The first kappa shape index (κ1) is 57.2. The first-order chi connectivity index (χ1) is 48.9. The molecule has 6 heterocycles. The second-order valence-electron chi connectivity index (χ2n) is 25.6. The molecule has 0 aliphatic carbocycles. The van der Waals surface area contributed by atoms with Crippen molar-refractivity contribution in [3.63, 3.8) is 0 Å². The Hall–Kier alpha value is -13.1. The maximum Gasteiger partial charge on any atom is 0.417 e. The average Bonchev–Trinajstić information content (AvgIpc) is 1.50. The smallest absolute Gasteiger partial charge is 0.309 e. The summed E-state index contributed by atoms with van der Waals surface area (Å²) < 4.78 is 110. The highest BCUT2D eigenvalue weighted by molar-refractivity contribution is 6.17. The fourth-order valence-electron chi connectivity index (χ4n) is 16.5. The van der Waals surface area contributed by atoms with E-state index in [9.17, 15) is 5.26 Å². The lowest BCUT2D eigenvalue weighted by molar-refractivity contribution is -0.142. The van der Waals surface area contributed by atoms with Crippen molar-refractivity contribution in [3.8, 4) is 51.3 Å². The van der Waals surface area contributed by atoms with Crippen LogP contribution in [-0.4, -0.2) is 27.4 Å². The molecule has 474 valence electrons. The quantitative estimate of drug-likeness (QED) is 0.147. The van der Waals surface area contributed by atoms with E-state index in [4.69, 9.17) is 0 Å². The van der Waals surface area contributed by atoms with Gasteiger partial charge >= 0.3 is 12.4 Å². The maximum absolute atomic E-state index is 16.3. The minimum atomic E-state index is -5.31. The number of hydrogen-bond acceptors (Lipinski definition) is 1. The average molecular weight is 1310 g/mol. The molecule has 13 heteroatoms. The maximum atomic E-state index is 16.3. The van der Waals surface area contributed by atoms with Crippen LogP contribution in [-0.2, 0) is 12.4 Å². The van der Waals surface area contributed by atoms with Crippen molar-refractivity contribution in [1.29, 1.82) is 5.26 Å². The van der Waals surface area contributed by atoms with E-state index < -0.39 is 34.6 Å². The van der Waals surface area contributed by atoms with E-state index >= 15 is 26.3 Å². The SMILES string of the molecule is N#Cc1c(-n2c3cc(-n4c5ccccc5c5ccccc54)ccc3c3ccc(-n4c5ccccc5c5ccccc54)cc32)ccc(-c2c(C(F)(F)F)cccc2C(F)(F)F)c1-n1c2cc(-n3c4ccccc4c4ccccc43)ccc2c2ccc(-n3c4ccccc4c4ccccc43)cc21. The zero-order valence-electron chi connectivity index (χ0n) is 52.7. The highest BCUT2D eigenvalue weighted by Gasteiger charge is 2.43. The molecule has 0 spiro atoms. The molecule has 14 aromatic carbocycles. The highest BCUT2D eigenvalue weighted by Crippen LogP contribution is 2.51. The molecule has 0 unspecified atom stereocenters. The third kappa shape index (κ3) is 8.10. The van der Waals surface area contributed by atoms with Gasteiger partial charge in [-0.05, 0) is 115 Å². The van der Waals surface area contributed by atoms with Gasteiger partial charge in [0.15, 0.2) is 0 Å². The van der Waals surface area contributed by atoms with Gasteiger partial charge in [0.05, 0.1) is 88.7 Å². The summed E-state index contributed by atoms with van der Waals surface area (Å²) in [5, 5.41) is 23.6. The van der Waals surface area contributed by atoms with Crippen molar-refractivity contribution < 1.29 is 26.3 Å². The highest BCUT2D eigenvalue weighted by atomic mass is 19.4. The third-order valence-corrected chi connectivity index (χ3v) is 20.5. The van der Waals surface area contributed by atoms with E-state index in [2.05, 4.69) is 134 Å². The first-order valence-corrected chi connectivity index (χ1v) is 32.9. The molecule has 0 aliphatic rings. The van der Waals surface area contributed by atoms with E-state index in [0.717, 1.165) is 115 Å². The molecule has 0 fully saturated rings. The number of fused-ring (bicyclic) bond motifs is 18. The van der Waals surface area contributed by atoms with Gasteiger partial charge in [-0.3, -0.25) is 0 Å². The van der Waals surface area contributed by atoms with Gasteiger partial charge in [-0.25, -0.2) is 0 Å². The Morgan fingerprint density at radius 3 is 0.750 bits per heavy atom. The van der Waals surface area contributed by atoms with Crippen LogP contribution in [0.25, 0.3) is 176 Å². The molecule has 0 aliphatic heterocycles. The van der Waals surface area contributed by atoms with E-state index in [-0.39, 0.29) is 16.9 Å². The Kier molecular flexibility index (Phi) is 12.0. The minimum absolute atomic E-state index is 0.186. The first-order valence-electron chi connectivity index (χ1n) is 32.9. The van der Waals surface area contributed by atoms with Gasteiger partial charge in [0.2, 0.25) is 0 Å². The number of aromatic nitrogens is 6. The summed E-state index contributed by atoms with van der Waals surface area (Å²) in [7, 11) is 0. The molecule has 20 aromatic rings. The summed E-state index contributed by atoms with van der Waals surface area (Å²) in [6.07, 6.45) is -10.6. The molecular formula is C87H49F6N7. The second-order valence-corrected chi connectivity index (χ2v) is 25.6. The zero-order chi connectivity index (χ0) is 67.0. The molecule has 0 saturated carbocycles. The number of nitrogens with zero attached hydrogens (tertiary/aromatic N) is 7. The Labute approximate surface area is 564 Å². The Morgan fingerprint density at radius 1 is 0.240 bits per heavy atom. The van der Waals surface area contributed by atoms with Gasteiger partial charge in [-0.2, -0.15) is 31.6 Å². The van der Waals surface area contributed by atoms with Gasteiger partial charge in [0.25, 0.3) is 0 Å². The van der Waals surface area contributed by atoms with Crippen LogP contribution in [0.5, 0.6) is 0 Å². The van der Waals surface area contributed by atoms with Crippen molar-refractivity contribution in [3.05, 3.63) is 314 Å². The Balaban J connectivity index is 0.971.